The van der Waals surface area contributed by atoms with Gasteiger partial charge >= 0.3 is 0 Å². The molecular formula is C39H23N3O2. The zero-order chi connectivity index (χ0) is 29.0. The Morgan fingerprint density at radius 3 is 1.64 bits per heavy atom. The van der Waals surface area contributed by atoms with Gasteiger partial charge in [-0.1, -0.05) is 115 Å². The summed E-state index contributed by atoms with van der Waals surface area (Å²) in [6.45, 7) is 0. The van der Waals surface area contributed by atoms with Gasteiger partial charge in [-0.3, -0.25) is 0 Å². The molecule has 0 atom stereocenters. The number of nitrogens with zero attached hydrogens (tertiary/aromatic N) is 3. The van der Waals surface area contributed by atoms with Crippen molar-refractivity contribution in [2.45, 2.75) is 0 Å². The van der Waals surface area contributed by atoms with Crippen molar-refractivity contribution in [3.63, 3.8) is 0 Å². The van der Waals surface area contributed by atoms with Gasteiger partial charge in [0.1, 0.15) is 22.3 Å². The van der Waals surface area contributed by atoms with Crippen molar-refractivity contribution in [2.75, 3.05) is 0 Å². The topological polar surface area (TPSA) is 65.0 Å². The molecule has 0 bridgehead atoms. The molecule has 0 amide bonds. The molecule has 0 N–H and O–H groups in total. The molecule has 0 fully saturated rings. The molecular weight excluding hydrogens is 542 g/mol. The maximum atomic E-state index is 6.48. The maximum absolute atomic E-state index is 6.48. The Morgan fingerprint density at radius 2 is 0.932 bits per heavy atom. The van der Waals surface area contributed by atoms with E-state index in [0.29, 0.717) is 17.5 Å². The normalized spacial score (nSPS) is 11.6. The maximum Gasteiger partial charge on any atom is 0.164 e. The van der Waals surface area contributed by atoms with Gasteiger partial charge < -0.3 is 8.83 Å². The van der Waals surface area contributed by atoms with Crippen LogP contribution >= 0.6 is 0 Å². The Bertz CT molecular complexity index is 2440. The molecule has 9 rings (SSSR count). The molecule has 206 valence electrons. The van der Waals surface area contributed by atoms with Gasteiger partial charge in [-0.15, -0.1) is 0 Å². The zero-order valence-electron chi connectivity index (χ0n) is 23.4. The lowest BCUT2D eigenvalue weighted by Gasteiger charge is -2.11. The van der Waals surface area contributed by atoms with Crippen LogP contribution in [0.5, 0.6) is 0 Å². The van der Waals surface area contributed by atoms with Crippen molar-refractivity contribution in [3.05, 3.63) is 140 Å². The predicted octanol–water partition coefficient (Wildman–Crippen LogP) is 10.3. The largest absolute Gasteiger partial charge is 0.456 e. The first-order chi connectivity index (χ1) is 21.8. The van der Waals surface area contributed by atoms with Gasteiger partial charge in [0.15, 0.2) is 17.5 Å². The van der Waals surface area contributed by atoms with E-state index in [-0.39, 0.29) is 0 Å². The number of aromatic nitrogens is 3. The summed E-state index contributed by atoms with van der Waals surface area (Å²) in [5.41, 5.74) is 7.90. The molecule has 0 saturated carbocycles. The van der Waals surface area contributed by atoms with Gasteiger partial charge in [0, 0.05) is 43.8 Å². The third kappa shape index (κ3) is 3.91. The minimum atomic E-state index is 0.577. The molecule has 9 aromatic rings. The molecule has 5 heteroatoms. The van der Waals surface area contributed by atoms with E-state index in [2.05, 4.69) is 42.5 Å². The van der Waals surface area contributed by atoms with Gasteiger partial charge in [0.25, 0.3) is 0 Å². The Labute approximate surface area is 252 Å². The highest BCUT2D eigenvalue weighted by Crippen LogP contribution is 2.42. The van der Waals surface area contributed by atoms with Gasteiger partial charge in [-0.2, -0.15) is 0 Å². The molecule has 3 heterocycles. The number of furan rings is 2. The molecule has 0 unspecified atom stereocenters. The SMILES string of the molecule is c1ccc(-c2nc(-c3ccccc3)nc(-c3cc(-c4cccc5c4oc4ccccc45)cc4oc5ccccc5c34)n2)cc1. The predicted molar refractivity (Wildman–Crippen MR) is 176 cm³/mol. The van der Waals surface area contributed by atoms with Crippen molar-refractivity contribution < 1.29 is 8.83 Å². The average Bonchev–Trinajstić information content (AvgIpc) is 3.67. The van der Waals surface area contributed by atoms with Crippen LogP contribution in [0, 0.1) is 0 Å². The van der Waals surface area contributed by atoms with Gasteiger partial charge in [0.2, 0.25) is 0 Å². The van der Waals surface area contributed by atoms with E-state index in [4.69, 9.17) is 23.8 Å². The molecule has 44 heavy (non-hydrogen) atoms. The molecule has 0 aliphatic carbocycles. The van der Waals surface area contributed by atoms with E-state index in [9.17, 15) is 0 Å². The van der Waals surface area contributed by atoms with Crippen LogP contribution in [0.3, 0.4) is 0 Å². The van der Waals surface area contributed by atoms with Crippen molar-refractivity contribution in [1.82, 2.24) is 15.0 Å². The lowest BCUT2D eigenvalue weighted by Crippen LogP contribution is -2.00. The molecule has 0 radical (unpaired) electrons. The molecule has 0 aliphatic rings. The van der Waals surface area contributed by atoms with Crippen LogP contribution in [0.15, 0.2) is 148 Å². The summed E-state index contributed by atoms with van der Waals surface area (Å²) >= 11 is 0. The summed E-state index contributed by atoms with van der Waals surface area (Å²) < 4.78 is 12.9. The van der Waals surface area contributed by atoms with E-state index in [1.807, 2.05) is 97.1 Å². The fourth-order valence-corrected chi connectivity index (χ4v) is 6.09. The van der Waals surface area contributed by atoms with Crippen LogP contribution < -0.4 is 0 Å². The van der Waals surface area contributed by atoms with Crippen LogP contribution in [0.25, 0.3) is 89.2 Å². The van der Waals surface area contributed by atoms with Crippen LogP contribution in [0.4, 0.5) is 0 Å². The monoisotopic (exact) mass is 565 g/mol. The van der Waals surface area contributed by atoms with Crippen LogP contribution in [-0.2, 0) is 0 Å². The van der Waals surface area contributed by atoms with E-state index in [1.165, 1.54) is 0 Å². The van der Waals surface area contributed by atoms with Crippen LogP contribution in [0.1, 0.15) is 0 Å². The number of benzene rings is 6. The number of rotatable bonds is 4. The highest BCUT2D eigenvalue weighted by Gasteiger charge is 2.21. The van der Waals surface area contributed by atoms with Gasteiger partial charge in [0.05, 0.1) is 0 Å². The molecule has 0 aliphatic heterocycles. The molecule has 0 spiro atoms. The first-order valence-electron chi connectivity index (χ1n) is 14.5. The highest BCUT2D eigenvalue weighted by molar-refractivity contribution is 6.15. The van der Waals surface area contributed by atoms with E-state index in [0.717, 1.165) is 71.7 Å². The lowest BCUT2D eigenvalue weighted by molar-refractivity contribution is 0.668. The van der Waals surface area contributed by atoms with Gasteiger partial charge in [-0.25, -0.2) is 15.0 Å². The van der Waals surface area contributed by atoms with Crippen LogP contribution in [0.2, 0.25) is 0 Å². The highest BCUT2D eigenvalue weighted by atomic mass is 16.3. The minimum absolute atomic E-state index is 0.577. The summed E-state index contributed by atoms with van der Waals surface area (Å²) in [6, 6.07) is 46.8. The minimum Gasteiger partial charge on any atom is -0.456 e. The number of hydrogen-bond donors (Lipinski definition) is 0. The Kier molecular flexibility index (Phi) is 5.43. The third-order valence-corrected chi connectivity index (χ3v) is 8.13. The van der Waals surface area contributed by atoms with Crippen molar-refractivity contribution in [3.8, 4) is 45.3 Å². The quantitative estimate of drug-likeness (QED) is 0.212. The average molecular weight is 566 g/mol. The first-order valence-corrected chi connectivity index (χ1v) is 14.5. The lowest BCUT2D eigenvalue weighted by atomic mass is 9.97. The smallest absolute Gasteiger partial charge is 0.164 e. The summed E-state index contributed by atoms with van der Waals surface area (Å²) in [5, 5.41) is 4.13. The van der Waals surface area contributed by atoms with E-state index >= 15 is 0 Å². The van der Waals surface area contributed by atoms with Gasteiger partial charge in [-0.05, 0) is 29.8 Å². The second-order valence-electron chi connectivity index (χ2n) is 10.8. The van der Waals surface area contributed by atoms with Crippen molar-refractivity contribution in [2.24, 2.45) is 0 Å². The van der Waals surface area contributed by atoms with Crippen LogP contribution in [-0.4, -0.2) is 15.0 Å². The molecule has 0 saturated heterocycles. The fourth-order valence-electron chi connectivity index (χ4n) is 6.09. The second kappa shape index (κ2) is 9.75. The Balaban J connectivity index is 1.37. The molecule has 6 aromatic carbocycles. The fraction of sp³-hybridized carbons (Fsp3) is 0. The molecule has 3 aromatic heterocycles. The standard InChI is InChI=1S/C39H23N3O2/c1-3-12-24(13-4-1)37-40-38(25-14-5-2-6-15-25)42-39(41-37)31-22-26(23-34-35(31)30-17-8-10-21-33(30)43-34)27-18-11-19-29-28-16-7-9-20-32(28)44-36(27)29/h1-23H. The number of para-hydroxylation sites is 3. The second-order valence-corrected chi connectivity index (χ2v) is 10.8. The first kappa shape index (κ1) is 24.5. The Hall–Kier alpha value is -6.07. The summed E-state index contributed by atoms with van der Waals surface area (Å²) in [6.07, 6.45) is 0. The summed E-state index contributed by atoms with van der Waals surface area (Å²) in [4.78, 5) is 15.1. The van der Waals surface area contributed by atoms with Crippen molar-refractivity contribution in [1.29, 1.82) is 0 Å². The van der Waals surface area contributed by atoms with E-state index < -0.39 is 0 Å². The third-order valence-electron chi connectivity index (χ3n) is 8.13. The number of hydrogen-bond acceptors (Lipinski definition) is 5. The summed E-state index contributed by atoms with van der Waals surface area (Å²) in [7, 11) is 0. The number of fused-ring (bicyclic) bond motifs is 6. The van der Waals surface area contributed by atoms with Crippen molar-refractivity contribution >= 4 is 43.9 Å². The zero-order valence-corrected chi connectivity index (χ0v) is 23.4. The molecule has 5 nitrogen and oxygen atoms in total. The van der Waals surface area contributed by atoms with E-state index in [1.54, 1.807) is 0 Å². The Morgan fingerprint density at radius 1 is 0.364 bits per heavy atom. The summed E-state index contributed by atoms with van der Waals surface area (Å²) in [5.74, 6) is 1.80.